The summed E-state index contributed by atoms with van der Waals surface area (Å²) in [4.78, 5) is 23.6. The Kier molecular flexibility index (Phi) is 5.76. The standard InChI is InChI=1S/C16H24N2O3/c1-6-12-8-7-9-13(10-12)18-14(19)11(2)17-15(20)21-16(3,4)5/h7-11H,6H2,1-5H3,(H,17,20)(H,18,19). The summed E-state index contributed by atoms with van der Waals surface area (Å²) < 4.78 is 5.12. The molecule has 0 aromatic heterocycles. The van der Waals surface area contributed by atoms with Crippen molar-refractivity contribution in [3.63, 3.8) is 0 Å². The molecule has 1 rings (SSSR count). The minimum absolute atomic E-state index is 0.283. The van der Waals surface area contributed by atoms with Crippen molar-refractivity contribution in [2.24, 2.45) is 0 Å². The number of nitrogens with one attached hydrogen (secondary N) is 2. The molecule has 5 nitrogen and oxygen atoms in total. The Bertz CT molecular complexity index is 506. The molecule has 0 heterocycles. The highest BCUT2D eigenvalue weighted by molar-refractivity contribution is 5.96. The SMILES string of the molecule is CCc1cccc(NC(=O)C(C)NC(=O)OC(C)(C)C)c1. The maximum atomic E-state index is 12.0. The lowest BCUT2D eigenvalue weighted by Crippen LogP contribution is -2.43. The van der Waals surface area contributed by atoms with Gasteiger partial charge >= 0.3 is 6.09 Å². The highest BCUT2D eigenvalue weighted by Gasteiger charge is 2.21. The fraction of sp³-hybridized carbons (Fsp3) is 0.500. The summed E-state index contributed by atoms with van der Waals surface area (Å²) in [5.41, 5.74) is 1.27. The molecule has 0 saturated carbocycles. The van der Waals surface area contributed by atoms with Crippen molar-refractivity contribution >= 4 is 17.7 Å². The number of rotatable bonds is 4. The molecular weight excluding hydrogens is 268 g/mol. The first-order chi connectivity index (χ1) is 9.71. The number of benzene rings is 1. The monoisotopic (exact) mass is 292 g/mol. The summed E-state index contributed by atoms with van der Waals surface area (Å²) in [6, 6.07) is 6.94. The van der Waals surface area contributed by atoms with Gasteiger partial charge in [-0.1, -0.05) is 19.1 Å². The van der Waals surface area contributed by atoms with Crippen LogP contribution in [0.1, 0.15) is 40.2 Å². The lowest BCUT2D eigenvalue weighted by atomic mass is 10.1. The van der Waals surface area contributed by atoms with Crippen LogP contribution in [0.4, 0.5) is 10.5 Å². The highest BCUT2D eigenvalue weighted by atomic mass is 16.6. The van der Waals surface area contributed by atoms with Crippen molar-refractivity contribution in [2.75, 3.05) is 5.32 Å². The highest BCUT2D eigenvalue weighted by Crippen LogP contribution is 2.11. The van der Waals surface area contributed by atoms with Crippen LogP contribution in [0.15, 0.2) is 24.3 Å². The normalized spacial score (nSPS) is 12.4. The van der Waals surface area contributed by atoms with Crippen LogP contribution in [0, 0.1) is 0 Å². The summed E-state index contributed by atoms with van der Waals surface area (Å²) in [7, 11) is 0. The smallest absolute Gasteiger partial charge is 0.408 e. The molecule has 5 heteroatoms. The molecule has 1 unspecified atom stereocenters. The molecule has 0 radical (unpaired) electrons. The zero-order chi connectivity index (χ0) is 16.0. The lowest BCUT2D eigenvalue weighted by molar-refractivity contribution is -0.117. The summed E-state index contributed by atoms with van der Waals surface area (Å²) in [6.07, 6.45) is 0.294. The molecule has 0 bridgehead atoms. The second-order valence-corrected chi connectivity index (χ2v) is 5.91. The Labute approximate surface area is 126 Å². The zero-order valence-electron chi connectivity index (χ0n) is 13.3. The van der Waals surface area contributed by atoms with Crippen LogP contribution in [0.5, 0.6) is 0 Å². The largest absolute Gasteiger partial charge is 0.444 e. The van der Waals surface area contributed by atoms with Crippen molar-refractivity contribution < 1.29 is 14.3 Å². The van der Waals surface area contributed by atoms with Gasteiger partial charge in [0.15, 0.2) is 0 Å². The van der Waals surface area contributed by atoms with Gasteiger partial charge in [-0.05, 0) is 51.8 Å². The van der Waals surface area contributed by atoms with Crippen LogP contribution in [0.3, 0.4) is 0 Å². The third kappa shape index (κ3) is 6.29. The van der Waals surface area contributed by atoms with Crippen LogP contribution in [0.25, 0.3) is 0 Å². The van der Waals surface area contributed by atoms with E-state index >= 15 is 0 Å². The van der Waals surface area contributed by atoms with Crippen LogP contribution in [-0.2, 0) is 16.0 Å². The molecule has 2 amide bonds. The molecule has 0 aliphatic carbocycles. The van der Waals surface area contributed by atoms with Gasteiger partial charge in [-0.25, -0.2) is 4.79 Å². The molecule has 0 saturated heterocycles. The van der Waals surface area contributed by atoms with Crippen LogP contribution >= 0.6 is 0 Å². The minimum atomic E-state index is -0.676. The Morgan fingerprint density at radius 3 is 2.52 bits per heavy atom. The van der Waals surface area contributed by atoms with Gasteiger partial charge in [0.1, 0.15) is 11.6 Å². The molecule has 0 aliphatic heterocycles. The molecule has 21 heavy (non-hydrogen) atoms. The number of hydrogen-bond acceptors (Lipinski definition) is 3. The summed E-state index contributed by atoms with van der Waals surface area (Å²) >= 11 is 0. The van der Waals surface area contributed by atoms with E-state index < -0.39 is 17.7 Å². The molecule has 0 fully saturated rings. The maximum absolute atomic E-state index is 12.0. The molecule has 0 spiro atoms. The third-order valence-electron chi connectivity index (χ3n) is 2.73. The van der Waals surface area contributed by atoms with E-state index in [1.165, 1.54) is 0 Å². The first-order valence-electron chi connectivity index (χ1n) is 7.10. The van der Waals surface area contributed by atoms with Crippen LogP contribution in [0.2, 0.25) is 0 Å². The predicted molar refractivity (Wildman–Crippen MR) is 83.3 cm³/mol. The lowest BCUT2D eigenvalue weighted by Gasteiger charge is -2.21. The van der Waals surface area contributed by atoms with E-state index in [0.717, 1.165) is 17.7 Å². The Morgan fingerprint density at radius 1 is 1.29 bits per heavy atom. The molecule has 0 aliphatic rings. The van der Waals surface area contributed by atoms with E-state index in [1.54, 1.807) is 27.7 Å². The molecule has 1 atom stereocenters. The first kappa shape index (κ1) is 17.0. The second-order valence-electron chi connectivity index (χ2n) is 5.91. The summed E-state index contributed by atoms with van der Waals surface area (Å²) in [5, 5.41) is 5.29. The van der Waals surface area contributed by atoms with Gasteiger partial charge in [0.25, 0.3) is 0 Å². The first-order valence-corrected chi connectivity index (χ1v) is 7.10. The van der Waals surface area contributed by atoms with E-state index in [9.17, 15) is 9.59 Å². The average Bonchev–Trinajstić information content (AvgIpc) is 2.36. The van der Waals surface area contributed by atoms with E-state index in [4.69, 9.17) is 4.74 Å². The zero-order valence-corrected chi connectivity index (χ0v) is 13.3. The van der Waals surface area contributed by atoms with E-state index in [0.29, 0.717) is 0 Å². The van der Waals surface area contributed by atoms with Crippen molar-refractivity contribution in [3.05, 3.63) is 29.8 Å². The number of ether oxygens (including phenoxy) is 1. The molecule has 2 N–H and O–H groups in total. The average molecular weight is 292 g/mol. The number of anilines is 1. The summed E-state index contributed by atoms with van der Waals surface area (Å²) in [5.74, 6) is -0.283. The van der Waals surface area contributed by atoms with Gasteiger partial charge in [-0.3, -0.25) is 4.79 Å². The number of amides is 2. The fourth-order valence-corrected chi connectivity index (χ4v) is 1.67. The molecule has 1 aromatic rings. The Balaban J connectivity index is 2.56. The fourth-order valence-electron chi connectivity index (χ4n) is 1.67. The minimum Gasteiger partial charge on any atom is -0.444 e. The van der Waals surface area contributed by atoms with Crippen LogP contribution in [-0.4, -0.2) is 23.6 Å². The van der Waals surface area contributed by atoms with Crippen LogP contribution < -0.4 is 10.6 Å². The topological polar surface area (TPSA) is 67.4 Å². The number of hydrogen-bond donors (Lipinski definition) is 2. The molecule has 116 valence electrons. The summed E-state index contributed by atoms with van der Waals surface area (Å²) in [6.45, 7) is 8.98. The van der Waals surface area contributed by atoms with Gasteiger partial charge in [-0.15, -0.1) is 0 Å². The number of aryl methyl sites for hydroxylation is 1. The van der Waals surface area contributed by atoms with Gasteiger partial charge in [0.05, 0.1) is 0 Å². The van der Waals surface area contributed by atoms with Gasteiger partial charge < -0.3 is 15.4 Å². The second kappa shape index (κ2) is 7.11. The molecule has 1 aromatic carbocycles. The third-order valence-corrected chi connectivity index (χ3v) is 2.73. The maximum Gasteiger partial charge on any atom is 0.408 e. The quantitative estimate of drug-likeness (QED) is 0.896. The Hall–Kier alpha value is -2.04. The van der Waals surface area contributed by atoms with Crippen molar-refractivity contribution in [3.8, 4) is 0 Å². The van der Waals surface area contributed by atoms with Gasteiger partial charge in [-0.2, -0.15) is 0 Å². The van der Waals surface area contributed by atoms with Crippen molar-refractivity contribution in [1.82, 2.24) is 5.32 Å². The van der Waals surface area contributed by atoms with Gasteiger partial charge in [0.2, 0.25) is 5.91 Å². The van der Waals surface area contributed by atoms with E-state index in [2.05, 4.69) is 10.6 Å². The number of carbonyl (C=O) groups excluding carboxylic acids is 2. The molecular formula is C16H24N2O3. The Morgan fingerprint density at radius 2 is 1.95 bits per heavy atom. The van der Waals surface area contributed by atoms with Crippen molar-refractivity contribution in [1.29, 1.82) is 0 Å². The van der Waals surface area contributed by atoms with E-state index in [1.807, 2.05) is 31.2 Å². The predicted octanol–water partition coefficient (Wildman–Crippen LogP) is 3.10. The van der Waals surface area contributed by atoms with Gasteiger partial charge in [0, 0.05) is 5.69 Å². The number of alkyl carbamates (subject to hydrolysis) is 1. The number of carbonyl (C=O) groups is 2. The van der Waals surface area contributed by atoms with Crippen molar-refractivity contribution in [2.45, 2.75) is 52.7 Å². The van der Waals surface area contributed by atoms with E-state index in [-0.39, 0.29) is 5.91 Å².